The summed E-state index contributed by atoms with van der Waals surface area (Å²) >= 11 is 1.68. The topological polar surface area (TPSA) is 73.1 Å². The number of carbonyl (C=O) groups excluding carboxylic acids is 1. The zero-order valence-corrected chi connectivity index (χ0v) is 18.0. The zero-order valence-electron chi connectivity index (χ0n) is 17.2. The van der Waals surface area contributed by atoms with E-state index in [0.29, 0.717) is 24.2 Å². The smallest absolute Gasteiger partial charge is 0.317 e. The number of rotatable bonds is 7. The van der Waals surface area contributed by atoms with Crippen molar-refractivity contribution in [1.29, 1.82) is 0 Å². The minimum Gasteiger partial charge on any atom is -0.352 e. The molecule has 6 nitrogen and oxygen atoms in total. The highest BCUT2D eigenvalue weighted by Gasteiger charge is 2.12. The SMILES string of the molecule is CCn1c(=O)c(=O)n(Cc2ccc(C(=O)NCCc3cccs3)cc2)c2ccccc21. The maximum absolute atomic E-state index is 12.7. The van der Waals surface area contributed by atoms with Crippen LogP contribution < -0.4 is 16.4 Å². The van der Waals surface area contributed by atoms with Crippen LogP contribution >= 0.6 is 11.3 Å². The molecule has 0 aliphatic heterocycles. The van der Waals surface area contributed by atoms with Crippen molar-refractivity contribution in [3.05, 3.63) is 103 Å². The molecule has 1 amide bonds. The first-order valence-corrected chi connectivity index (χ1v) is 11.1. The van der Waals surface area contributed by atoms with E-state index in [9.17, 15) is 14.4 Å². The highest BCUT2D eigenvalue weighted by Crippen LogP contribution is 2.13. The molecule has 0 aliphatic carbocycles. The van der Waals surface area contributed by atoms with Gasteiger partial charge in [-0.25, -0.2) is 0 Å². The summed E-state index contributed by atoms with van der Waals surface area (Å²) in [6.07, 6.45) is 0.806. The molecule has 0 atom stereocenters. The van der Waals surface area contributed by atoms with Crippen LogP contribution in [0.15, 0.2) is 75.6 Å². The summed E-state index contributed by atoms with van der Waals surface area (Å²) in [6, 6.07) is 18.6. The lowest BCUT2D eigenvalue weighted by atomic mass is 10.1. The third-order valence-corrected chi connectivity index (χ3v) is 6.18. The number of nitrogens with one attached hydrogen (secondary N) is 1. The first-order chi connectivity index (χ1) is 15.1. The molecule has 4 rings (SSSR count). The molecule has 7 heteroatoms. The minimum atomic E-state index is -0.545. The molecule has 31 heavy (non-hydrogen) atoms. The predicted molar refractivity (Wildman–Crippen MR) is 124 cm³/mol. The second kappa shape index (κ2) is 9.14. The van der Waals surface area contributed by atoms with Gasteiger partial charge in [0, 0.05) is 23.5 Å². The van der Waals surface area contributed by atoms with Crippen LogP contribution in [0.2, 0.25) is 0 Å². The normalized spacial score (nSPS) is 11.0. The molecular weight excluding hydrogens is 410 g/mol. The van der Waals surface area contributed by atoms with Crippen molar-refractivity contribution in [3.8, 4) is 0 Å². The second-order valence-electron chi connectivity index (χ2n) is 7.21. The number of para-hydroxylation sites is 2. The molecule has 2 aromatic carbocycles. The quantitative estimate of drug-likeness (QED) is 0.455. The number of aryl methyl sites for hydroxylation is 1. The average molecular weight is 434 g/mol. The highest BCUT2D eigenvalue weighted by molar-refractivity contribution is 7.09. The lowest BCUT2D eigenvalue weighted by Crippen LogP contribution is -2.41. The van der Waals surface area contributed by atoms with Gasteiger partial charge < -0.3 is 9.88 Å². The molecule has 2 heterocycles. The molecule has 2 aromatic heterocycles. The number of thiophene rings is 1. The van der Waals surface area contributed by atoms with Crippen molar-refractivity contribution >= 4 is 28.3 Å². The van der Waals surface area contributed by atoms with Gasteiger partial charge in [-0.1, -0.05) is 30.3 Å². The number of aromatic nitrogens is 2. The predicted octanol–water partition coefficient (Wildman–Crippen LogP) is 3.27. The maximum Gasteiger partial charge on any atom is 0.317 e. The second-order valence-corrected chi connectivity index (χ2v) is 8.24. The Hall–Kier alpha value is -3.45. The van der Waals surface area contributed by atoms with Gasteiger partial charge in [0.1, 0.15) is 0 Å². The first kappa shape index (κ1) is 20.8. The first-order valence-electron chi connectivity index (χ1n) is 10.2. The average Bonchev–Trinajstić information content (AvgIpc) is 3.31. The fourth-order valence-electron chi connectivity index (χ4n) is 3.64. The molecule has 0 saturated heterocycles. The van der Waals surface area contributed by atoms with E-state index in [2.05, 4.69) is 11.4 Å². The Bertz CT molecular complexity index is 1320. The fourth-order valence-corrected chi connectivity index (χ4v) is 4.35. The summed E-state index contributed by atoms with van der Waals surface area (Å²) in [5.74, 6) is -0.128. The minimum absolute atomic E-state index is 0.128. The molecule has 4 aromatic rings. The van der Waals surface area contributed by atoms with Gasteiger partial charge in [0.25, 0.3) is 5.91 Å². The van der Waals surface area contributed by atoms with Gasteiger partial charge in [0.15, 0.2) is 0 Å². The van der Waals surface area contributed by atoms with Crippen molar-refractivity contribution in [1.82, 2.24) is 14.5 Å². The number of amides is 1. The van der Waals surface area contributed by atoms with Crippen molar-refractivity contribution in [3.63, 3.8) is 0 Å². The van der Waals surface area contributed by atoms with Crippen molar-refractivity contribution in [2.75, 3.05) is 6.54 Å². The Morgan fingerprint density at radius 2 is 1.58 bits per heavy atom. The number of hydrogen-bond acceptors (Lipinski definition) is 4. The van der Waals surface area contributed by atoms with E-state index in [-0.39, 0.29) is 12.5 Å². The third-order valence-electron chi connectivity index (χ3n) is 5.25. The Kier molecular flexibility index (Phi) is 6.13. The van der Waals surface area contributed by atoms with Crippen molar-refractivity contribution < 1.29 is 4.79 Å². The summed E-state index contributed by atoms with van der Waals surface area (Å²) in [6.45, 7) is 3.13. The van der Waals surface area contributed by atoms with Gasteiger partial charge in [-0.05, 0) is 54.6 Å². The van der Waals surface area contributed by atoms with E-state index in [1.54, 1.807) is 23.5 Å². The van der Waals surface area contributed by atoms with Gasteiger partial charge in [0.2, 0.25) is 0 Å². The zero-order chi connectivity index (χ0) is 21.8. The van der Waals surface area contributed by atoms with Gasteiger partial charge in [0.05, 0.1) is 17.6 Å². The fraction of sp³-hybridized carbons (Fsp3) is 0.208. The van der Waals surface area contributed by atoms with Gasteiger partial charge in [-0.15, -0.1) is 11.3 Å². The summed E-state index contributed by atoms with van der Waals surface area (Å²) in [4.78, 5) is 38.9. The van der Waals surface area contributed by atoms with Crippen LogP contribution in [0, 0.1) is 0 Å². The molecule has 158 valence electrons. The standard InChI is InChI=1S/C24H23N3O3S/c1-2-26-20-7-3-4-8-21(20)27(24(30)23(26)29)16-17-9-11-18(12-10-17)22(28)25-14-13-19-6-5-15-31-19/h3-12,15H,2,13-14,16H2,1H3,(H,25,28). The van der Waals surface area contributed by atoms with Crippen LogP contribution in [-0.2, 0) is 19.5 Å². The van der Waals surface area contributed by atoms with Gasteiger partial charge in [-0.3, -0.25) is 19.0 Å². The van der Waals surface area contributed by atoms with Crippen LogP contribution in [-0.4, -0.2) is 21.6 Å². The number of carbonyl (C=O) groups is 1. The van der Waals surface area contributed by atoms with E-state index in [4.69, 9.17) is 0 Å². The molecule has 0 aliphatic rings. The highest BCUT2D eigenvalue weighted by atomic mass is 32.1. The monoisotopic (exact) mass is 433 g/mol. The van der Waals surface area contributed by atoms with Crippen LogP contribution in [0.3, 0.4) is 0 Å². The molecule has 0 radical (unpaired) electrons. The molecule has 0 unspecified atom stereocenters. The molecule has 0 fully saturated rings. The van der Waals surface area contributed by atoms with Crippen molar-refractivity contribution in [2.45, 2.75) is 26.4 Å². The van der Waals surface area contributed by atoms with E-state index in [1.165, 1.54) is 14.0 Å². The van der Waals surface area contributed by atoms with E-state index >= 15 is 0 Å². The van der Waals surface area contributed by atoms with E-state index in [0.717, 1.165) is 17.5 Å². The van der Waals surface area contributed by atoms with E-state index < -0.39 is 11.1 Å². The molecular formula is C24H23N3O3S. The molecule has 0 bridgehead atoms. The molecule has 0 saturated carbocycles. The lowest BCUT2D eigenvalue weighted by Gasteiger charge is -2.14. The van der Waals surface area contributed by atoms with E-state index in [1.807, 2.05) is 54.8 Å². The summed E-state index contributed by atoms with van der Waals surface area (Å²) < 4.78 is 3.00. The largest absolute Gasteiger partial charge is 0.352 e. The summed E-state index contributed by atoms with van der Waals surface area (Å²) in [7, 11) is 0. The maximum atomic E-state index is 12.7. The molecule has 0 spiro atoms. The molecule has 1 N–H and O–H groups in total. The number of benzene rings is 2. The number of fused-ring (bicyclic) bond motifs is 1. The summed E-state index contributed by atoms with van der Waals surface area (Å²) in [5.41, 5.74) is 1.78. The number of nitrogens with zero attached hydrogens (tertiary/aromatic N) is 2. The van der Waals surface area contributed by atoms with Gasteiger partial charge in [-0.2, -0.15) is 0 Å². The van der Waals surface area contributed by atoms with Crippen LogP contribution in [0.4, 0.5) is 0 Å². The Morgan fingerprint density at radius 3 is 2.23 bits per heavy atom. The van der Waals surface area contributed by atoms with Crippen molar-refractivity contribution in [2.24, 2.45) is 0 Å². The van der Waals surface area contributed by atoms with Crippen LogP contribution in [0.25, 0.3) is 11.0 Å². The Balaban J connectivity index is 1.52. The van der Waals surface area contributed by atoms with Crippen LogP contribution in [0.5, 0.6) is 0 Å². The third kappa shape index (κ3) is 4.36. The number of hydrogen-bond donors (Lipinski definition) is 1. The Labute approximate surface area is 183 Å². The summed E-state index contributed by atoms with van der Waals surface area (Å²) in [5, 5.41) is 4.95. The van der Waals surface area contributed by atoms with Crippen LogP contribution in [0.1, 0.15) is 27.7 Å². The Morgan fingerprint density at radius 1 is 0.903 bits per heavy atom. The van der Waals surface area contributed by atoms with Gasteiger partial charge >= 0.3 is 11.1 Å². The lowest BCUT2D eigenvalue weighted by molar-refractivity contribution is 0.0954.